The molecule has 0 bridgehead atoms. The average Bonchev–Trinajstić information content (AvgIpc) is 3.00. The average molecular weight is 604 g/mol. The molecule has 0 aliphatic carbocycles. The zero-order chi connectivity index (χ0) is 31.1. The molecule has 0 saturated carbocycles. The second kappa shape index (κ2) is 32.1. The van der Waals surface area contributed by atoms with E-state index in [-0.39, 0.29) is 6.54 Å². The van der Waals surface area contributed by atoms with E-state index in [1.165, 1.54) is 122 Å². The van der Waals surface area contributed by atoms with Gasteiger partial charge in [0.2, 0.25) is 0 Å². The van der Waals surface area contributed by atoms with Gasteiger partial charge < -0.3 is 35.2 Å². The van der Waals surface area contributed by atoms with Crippen LogP contribution in [0.4, 0.5) is 0 Å². The SMILES string of the molecule is CCCCCCCCCCCCCCOCCCN(CCCCCCCCCCCC)C[C@H](O)[C@@H](O)[C@H](O)[C@H](O)CO. The topological polar surface area (TPSA) is 114 Å². The van der Waals surface area contributed by atoms with Crippen LogP contribution in [0.2, 0.25) is 0 Å². The van der Waals surface area contributed by atoms with E-state index in [9.17, 15) is 20.4 Å². The van der Waals surface area contributed by atoms with Gasteiger partial charge >= 0.3 is 0 Å². The molecule has 0 aromatic rings. The Bertz CT molecular complexity index is 526. The molecular weight excluding hydrogens is 530 g/mol. The van der Waals surface area contributed by atoms with Gasteiger partial charge in [-0.05, 0) is 25.8 Å². The molecule has 42 heavy (non-hydrogen) atoms. The maximum atomic E-state index is 10.5. The maximum absolute atomic E-state index is 10.5. The Hall–Kier alpha value is -0.280. The van der Waals surface area contributed by atoms with Crippen molar-refractivity contribution in [3.63, 3.8) is 0 Å². The predicted octanol–water partition coefficient (Wildman–Crippen LogP) is 6.75. The van der Waals surface area contributed by atoms with Crippen LogP contribution in [0.25, 0.3) is 0 Å². The van der Waals surface area contributed by atoms with Crippen molar-refractivity contribution in [2.24, 2.45) is 0 Å². The first-order valence-electron chi connectivity index (χ1n) is 18.1. The highest BCUT2D eigenvalue weighted by Gasteiger charge is 2.30. The Morgan fingerprint density at radius 1 is 0.452 bits per heavy atom. The van der Waals surface area contributed by atoms with E-state index in [0.717, 1.165) is 45.4 Å². The third kappa shape index (κ3) is 26.2. The molecule has 4 atom stereocenters. The first-order chi connectivity index (χ1) is 20.5. The molecule has 7 nitrogen and oxygen atoms in total. The number of rotatable bonds is 34. The monoisotopic (exact) mass is 604 g/mol. The zero-order valence-corrected chi connectivity index (χ0v) is 27.9. The standard InChI is InChI=1S/C35H73NO6/c1-3-5-7-9-11-13-15-16-18-20-22-24-28-42-29-25-27-36(30-32(38)34(40)35(41)33(39)31-37)26-23-21-19-17-14-12-10-8-6-4-2/h32-35,37-41H,3-31H2,1-2H3/t32-,33+,34+,35+/m0/s1. The van der Waals surface area contributed by atoms with E-state index in [2.05, 4.69) is 18.7 Å². The fourth-order valence-corrected chi connectivity index (χ4v) is 5.59. The van der Waals surface area contributed by atoms with Crippen molar-refractivity contribution in [2.45, 2.75) is 186 Å². The number of ether oxygens (including phenoxy) is 1. The Kier molecular flexibility index (Phi) is 31.9. The highest BCUT2D eigenvalue weighted by atomic mass is 16.5. The van der Waals surface area contributed by atoms with E-state index < -0.39 is 31.0 Å². The highest BCUT2D eigenvalue weighted by molar-refractivity contribution is 4.82. The number of hydrogen-bond acceptors (Lipinski definition) is 7. The third-order valence-electron chi connectivity index (χ3n) is 8.50. The molecule has 0 spiro atoms. The van der Waals surface area contributed by atoms with Crippen LogP contribution in [-0.2, 0) is 4.74 Å². The number of aliphatic hydroxyl groups excluding tert-OH is 5. The summed E-state index contributed by atoms with van der Waals surface area (Å²) in [7, 11) is 0. The zero-order valence-electron chi connectivity index (χ0n) is 27.9. The number of nitrogens with zero attached hydrogens (tertiary/aromatic N) is 1. The second-order valence-corrected chi connectivity index (χ2v) is 12.6. The van der Waals surface area contributed by atoms with E-state index in [1.54, 1.807) is 0 Å². The summed E-state index contributed by atoms with van der Waals surface area (Å²) in [5, 5.41) is 49.5. The van der Waals surface area contributed by atoms with Gasteiger partial charge in [-0.1, -0.05) is 142 Å². The first kappa shape index (κ1) is 41.7. The lowest BCUT2D eigenvalue weighted by Gasteiger charge is -2.30. The van der Waals surface area contributed by atoms with Crippen LogP contribution in [0.3, 0.4) is 0 Å². The maximum Gasteiger partial charge on any atom is 0.111 e. The molecule has 0 rings (SSSR count). The summed E-state index contributed by atoms with van der Waals surface area (Å²) < 4.78 is 5.88. The molecule has 0 heterocycles. The summed E-state index contributed by atoms with van der Waals surface area (Å²) in [5.41, 5.74) is 0. The van der Waals surface area contributed by atoms with Crippen LogP contribution in [0.5, 0.6) is 0 Å². The summed E-state index contributed by atoms with van der Waals surface area (Å²) in [6.07, 6.45) is 23.7. The van der Waals surface area contributed by atoms with Gasteiger partial charge in [0.25, 0.3) is 0 Å². The van der Waals surface area contributed by atoms with Crippen LogP contribution in [0.15, 0.2) is 0 Å². The van der Waals surface area contributed by atoms with Crippen LogP contribution in [0.1, 0.15) is 162 Å². The van der Waals surface area contributed by atoms with Gasteiger partial charge in [0, 0.05) is 26.3 Å². The fraction of sp³-hybridized carbons (Fsp3) is 1.00. The molecule has 0 aliphatic rings. The molecule has 0 saturated heterocycles. The van der Waals surface area contributed by atoms with Crippen molar-refractivity contribution in [3.05, 3.63) is 0 Å². The van der Waals surface area contributed by atoms with Gasteiger partial charge in [-0.2, -0.15) is 0 Å². The van der Waals surface area contributed by atoms with Crippen molar-refractivity contribution < 1.29 is 30.3 Å². The molecule has 0 unspecified atom stereocenters. The van der Waals surface area contributed by atoms with Crippen molar-refractivity contribution in [1.29, 1.82) is 0 Å². The Balaban J connectivity index is 4.11. The van der Waals surface area contributed by atoms with Crippen molar-refractivity contribution in [3.8, 4) is 0 Å². The van der Waals surface area contributed by atoms with Gasteiger partial charge in [0.15, 0.2) is 0 Å². The number of hydrogen-bond donors (Lipinski definition) is 5. The molecule has 0 aromatic heterocycles. The Morgan fingerprint density at radius 3 is 1.26 bits per heavy atom. The minimum absolute atomic E-state index is 0.215. The largest absolute Gasteiger partial charge is 0.394 e. The molecule has 0 amide bonds. The fourth-order valence-electron chi connectivity index (χ4n) is 5.59. The molecule has 0 aromatic carbocycles. The van der Waals surface area contributed by atoms with Gasteiger partial charge in [0.05, 0.1) is 12.7 Å². The molecule has 7 heteroatoms. The molecule has 254 valence electrons. The minimum Gasteiger partial charge on any atom is -0.394 e. The normalized spacial score (nSPS) is 14.9. The number of aliphatic hydroxyl groups is 5. The summed E-state index contributed by atoms with van der Waals surface area (Å²) in [5.74, 6) is 0. The van der Waals surface area contributed by atoms with Crippen molar-refractivity contribution >= 4 is 0 Å². The summed E-state index contributed by atoms with van der Waals surface area (Å²) >= 11 is 0. The van der Waals surface area contributed by atoms with Gasteiger partial charge in [-0.25, -0.2) is 0 Å². The van der Waals surface area contributed by atoms with Crippen LogP contribution in [-0.4, -0.2) is 94.3 Å². The van der Waals surface area contributed by atoms with E-state index in [1.807, 2.05) is 0 Å². The summed E-state index contributed by atoms with van der Waals surface area (Å²) in [6.45, 7) is 7.10. The minimum atomic E-state index is -1.58. The Morgan fingerprint density at radius 2 is 0.810 bits per heavy atom. The van der Waals surface area contributed by atoms with E-state index in [0.29, 0.717) is 6.61 Å². The molecule has 0 radical (unpaired) electrons. The van der Waals surface area contributed by atoms with Crippen LogP contribution in [0, 0.1) is 0 Å². The second-order valence-electron chi connectivity index (χ2n) is 12.6. The van der Waals surface area contributed by atoms with Crippen molar-refractivity contribution in [1.82, 2.24) is 4.90 Å². The summed E-state index contributed by atoms with van der Waals surface area (Å²) in [6, 6.07) is 0. The van der Waals surface area contributed by atoms with Crippen LogP contribution < -0.4 is 0 Å². The highest BCUT2D eigenvalue weighted by Crippen LogP contribution is 2.14. The lowest BCUT2D eigenvalue weighted by molar-refractivity contribution is -0.119. The molecular formula is C35H73NO6. The van der Waals surface area contributed by atoms with Gasteiger partial charge in [-0.3, -0.25) is 0 Å². The third-order valence-corrected chi connectivity index (χ3v) is 8.50. The van der Waals surface area contributed by atoms with Gasteiger partial charge in [-0.15, -0.1) is 0 Å². The lowest BCUT2D eigenvalue weighted by atomic mass is 10.0. The van der Waals surface area contributed by atoms with Crippen LogP contribution >= 0.6 is 0 Å². The molecule has 5 N–H and O–H groups in total. The summed E-state index contributed by atoms with van der Waals surface area (Å²) in [4.78, 5) is 2.13. The first-order valence-corrected chi connectivity index (χ1v) is 18.1. The van der Waals surface area contributed by atoms with E-state index >= 15 is 0 Å². The smallest absolute Gasteiger partial charge is 0.111 e. The quantitative estimate of drug-likeness (QED) is 0.0517. The lowest BCUT2D eigenvalue weighted by Crippen LogP contribution is -2.50. The Labute approximate surface area is 260 Å². The van der Waals surface area contributed by atoms with Crippen molar-refractivity contribution in [2.75, 3.05) is 39.5 Å². The molecule has 0 aliphatic heterocycles. The predicted molar refractivity (Wildman–Crippen MR) is 176 cm³/mol. The van der Waals surface area contributed by atoms with Gasteiger partial charge in [0.1, 0.15) is 18.3 Å². The number of unbranched alkanes of at least 4 members (excludes halogenated alkanes) is 20. The van der Waals surface area contributed by atoms with E-state index in [4.69, 9.17) is 9.84 Å². The molecule has 0 fully saturated rings.